The van der Waals surface area contributed by atoms with E-state index in [0.29, 0.717) is 12.2 Å². The first-order chi connectivity index (χ1) is 8.21. The normalized spacial score (nSPS) is 15.4. The van der Waals surface area contributed by atoms with Gasteiger partial charge in [-0.05, 0) is 56.7 Å². The predicted molar refractivity (Wildman–Crippen MR) is 72.8 cm³/mol. The van der Waals surface area contributed by atoms with Gasteiger partial charge in [0.25, 0.3) is 0 Å². The van der Waals surface area contributed by atoms with Crippen LogP contribution >= 0.6 is 0 Å². The molecule has 3 N–H and O–H groups in total. The van der Waals surface area contributed by atoms with Crippen LogP contribution in [0.25, 0.3) is 0 Å². The van der Waals surface area contributed by atoms with E-state index < -0.39 is 11.7 Å². The van der Waals surface area contributed by atoms with Crippen LogP contribution in [0.3, 0.4) is 0 Å². The molecular formula is C15H24O3. The third-order valence-electron chi connectivity index (χ3n) is 3.41. The number of benzene rings is 1. The van der Waals surface area contributed by atoms with Crippen molar-refractivity contribution in [3.8, 4) is 5.75 Å². The Morgan fingerprint density at radius 3 is 2.33 bits per heavy atom. The zero-order chi connectivity index (χ0) is 13.9. The molecule has 102 valence electrons. The summed E-state index contributed by atoms with van der Waals surface area (Å²) in [6, 6.07) is 5.64. The summed E-state index contributed by atoms with van der Waals surface area (Å²) in [7, 11) is 0. The molecule has 0 radical (unpaired) electrons. The number of hydrogen-bond acceptors (Lipinski definition) is 3. The summed E-state index contributed by atoms with van der Waals surface area (Å²) in [5.41, 5.74) is 0.846. The first-order valence-electron chi connectivity index (χ1n) is 6.41. The third-order valence-corrected chi connectivity index (χ3v) is 3.41. The molecule has 0 amide bonds. The standard InChI is InChI=1S/C15H24O3/c1-10-5-7-12(13(16)9-10)11(2)6-8-14(17)15(3,4)18/h5,7,9,11,14,16-18H,6,8H2,1-4H3/t11-,14-/m0/s1. The molecule has 1 aromatic rings. The second-order valence-electron chi connectivity index (χ2n) is 5.71. The number of rotatable bonds is 5. The van der Waals surface area contributed by atoms with E-state index in [-0.39, 0.29) is 5.92 Å². The van der Waals surface area contributed by atoms with Crippen LogP contribution in [0.4, 0.5) is 0 Å². The fourth-order valence-electron chi connectivity index (χ4n) is 1.99. The molecule has 0 fully saturated rings. The van der Waals surface area contributed by atoms with Crippen LogP contribution in [0.15, 0.2) is 18.2 Å². The summed E-state index contributed by atoms with van der Waals surface area (Å²) >= 11 is 0. The molecule has 0 bridgehead atoms. The Balaban J connectivity index is 2.63. The van der Waals surface area contributed by atoms with Gasteiger partial charge in [-0.25, -0.2) is 0 Å². The second kappa shape index (κ2) is 5.72. The second-order valence-corrected chi connectivity index (χ2v) is 5.71. The fraction of sp³-hybridized carbons (Fsp3) is 0.600. The maximum Gasteiger partial charge on any atom is 0.119 e. The Kier molecular flexibility index (Phi) is 4.77. The molecule has 0 aliphatic heterocycles. The largest absolute Gasteiger partial charge is 0.508 e. The van der Waals surface area contributed by atoms with Crippen LogP contribution in [0, 0.1) is 6.92 Å². The van der Waals surface area contributed by atoms with Gasteiger partial charge in [-0.1, -0.05) is 19.1 Å². The Labute approximate surface area is 109 Å². The number of hydrogen-bond donors (Lipinski definition) is 3. The van der Waals surface area contributed by atoms with Crippen molar-refractivity contribution in [2.75, 3.05) is 0 Å². The van der Waals surface area contributed by atoms with Crippen LogP contribution in [0.1, 0.15) is 50.7 Å². The van der Waals surface area contributed by atoms with Crippen molar-refractivity contribution in [2.24, 2.45) is 0 Å². The highest BCUT2D eigenvalue weighted by Gasteiger charge is 2.25. The molecule has 0 unspecified atom stereocenters. The number of aryl methyl sites for hydroxylation is 1. The summed E-state index contributed by atoms with van der Waals surface area (Å²) in [4.78, 5) is 0. The van der Waals surface area contributed by atoms with Gasteiger partial charge in [0.05, 0.1) is 11.7 Å². The highest BCUT2D eigenvalue weighted by molar-refractivity contribution is 5.38. The molecule has 1 rings (SSSR count). The van der Waals surface area contributed by atoms with E-state index in [0.717, 1.165) is 17.5 Å². The average Bonchev–Trinajstić information content (AvgIpc) is 2.24. The van der Waals surface area contributed by atoms with Gasteiger partial charge < -0.3 is 15.3 Å². The number of aromatic hydroxyl groups is 1. The van der Waals surface area contributed by atoms with Crippen molar-refractivity contribution >= 4 is 0 Å². The smallest absolute Gasteiger partial charge is 0.119 e. The van der Waals surface area contributed by atoms with E-state index in [1.54, 1.807) is 19.9 Å². The first kappa shape index (κ1) is 15.0. The molecule has 0 saturated carbocycles. The third kappa shape index (κ3) is 4.00. The SMILES string of the molecule is Cc1ccc([C@@H](C)CC[C@H](O)C(C)(C)O)c(O)c1. The highest BCUT2D eigenvalue weighted by Crippen LogP contribution is 2.30. The fourth-order valence-corrected chi connectivity index (χ4v) is 1.99. The Morgan fingerprint density at radius 1 is 1.22 bits per heavy atom. The Bertz CT molecular complexity index is 393. The molecule has 0 aliphatic carbocycles. The van der Waals surface area contributed by atoms with Crippen LogP contribution < -0.4 is 0 Å². The van der Waals surface area contributed by atoms with E-state index in [1.165, 1.54) is 0 Å². The first-order valence-corrected chi connectivity index (χ1v) is 6.41. The van der Waals surface area contributed by atoms with Crippen molar-refractivity contribution in [3.05, 3.63) is 29.3 Å². The molecule has 18 heavy (non-hydrogen) atoms. The predicted octanol–water partition coefficient (Wildman–Crippen LogP) is 2.72. The maximum absolute atomic E-state index is 9.87. The van der Waals surface area contributed by atoms with E-state index in [4.69, 9.17) is 0 Å². The van der Waals surface area contributed by atoms with E-state index in [2.05, 4.69) is 0 Å². The van der Waals surface area contributed by atoms with Gasteiger partial charge in [0.2, 0.25) is 0 Å². The Morgan fingerprint density at radius 2 is 1.83 bits per heavy atom. The van der Waals surface area contributed by atoms with Crippen LogP contribution in [0.5, 0.6) is 5.75 Å². The van der Waals surface area contributed by atoms with Crippen LogP contribution in [-0.4, -0.2) is 27.0 Å². The lowest BCUT2D eigenvalue weighted by molar-refractivity contribution is -0.0525. The number of phenolic OH excluding ortho intramolecular Hbond substituents is 1. The van der Waals surface area contributed by atoms with Crippen molar-refractivity contribution in [1.82, 2.24) is 0 Å². The van der Waals surface area contributed by atoms with Gasteiger partial charge in [0.15, 0.2) is 0 Å². The van der Waals surface area contributed by atoms with E-state index >= 15 is 0 Å². The molecule has 0 heterocycles. The lowest BCUT2D eigenvalue weighted by atomic mass is 9.89. The monoisotopic (exact) mass is 252 g/mol. The topological polar surface area (TPSA) is 60.7 Å². The highest BCUT2D eigenvalue weighted by atomic mass is 16.3. The summed E-state index contributed by atoms with van der Waals surface area (Å²) < 4.78 is 0. The minimum atomic E-state index is -1.07. The van der Waals surface area contributed by atoms with E-state index in [1.807, 2.05) is 26.0 Å². The Hall–Kier alpha value is -1.06. The number of phenols is 1. The summed E-state index contributed by atoms with van der Waals surface area (Å²) in [6.07, 6.45) is 0.493. The lowest BCUT2D eigenvalue weighted by Crippen LogP contribution is -2.35. The van der Waals surface area contributed by atoms with Gasteiger partial charge in [-0.2, -0.15) is 0 Å². The zero-order valence-corrected chi connectivity index (χ0v) is 11.6. The minimum absolute atomic E-state index is 0.155. The van der Waals surface area contributed by atoms with Gasteiger partial charge in [-0.3, -0.25) is 0 Å². The summed E-state index contributed by atoms with van der Waals surface area (Å²) in [5, 5.41) is 29.3. The zero-order valence-electron chi connectivity index (χ0n) is 11.6. The maximum atomic E-state index is 9.87. The molecule has 0 aliphatic rings. The molecule has 0 aromatic heterocycles. The van der Waals surface area contributed by atoms with Crippen molar-refractivity contribution in [3.63, 3.8) is 0 Å². The minimum Gasteiger partial charge on any atom is -0.508 e. The number of aliphatic hydroxyl groups is 2. The lowest BCUT2D eigenvalue weighted by Gasteiger charge is -2.25. The van der Waals surface area contributed by atoms with Gasteiger partial charge in [-0.15, -0.1) is 0 Å². The summed E-state index contributed by atoms with van der Waals surface area (Å²) in [6.45, 7) is 7.16. The van der Waals surface area contributed by atoms with Crippen molar-refractivity contribution < 1.29 is 15.3 Å². The molecule has 0 saturated heterocycles. The van der Waals surface area contributed by atoms with Crippen molar-refractivity contribution in [2.45, 2.75) is 58.2 Å². The molecule has 2 atom stereocenters. The molecule has 0 spiro atoms. The van der Waals surface area contributed by atoms with Crippen LogP contribution in [-0.2, 0) is 0 Å². The number of aliphatic hydroxyl groups excluding tert-OH is 1. The van der Waals surface area contributed by atoms with Gasteiger partial charge >= 0.3 is 0 Å². The van der Waals surface area contributed by atoms with Gasteiger partial charge in [0, 0.05) is 0 Å². The van der Waals surface area contributed by atoms with Gasteiger partial charge in [0.1, 0.15) is 5.75 Å². The van der Waals surface area contributed by atoms with Crippen molar-refractivity contribution in [1.29, 1.82) is 0 Å². The van der Waals surface area contributed by atoms with Crippen LogP contribution in [0.2, 0.25) is 0 Å². The quantitative estimate of drug-likeness (QED) is 0.755. The van der Waals surface area contributed by atoms with E-state index in [9.17, 15) is 15.3 Å². The molecular weight excluding hydrogens is 228 g/mol. The molecule has 3 nitrogen and oxygen atoms in total. The molecule has 3 heteroatoms. The average molecular weight is 252 g/mol. The molecule has 1 aromatic carbocycles. The summed E-state index contributed by atoms with van der Waals surface area (Å²) in [5.74, 6) is 0.461.